The molecule has 0 saturated heterocycles. The van der Waals surface area contributed by atoms with Crippen LogP contribution in [0.15, 0.2) is 36.4 Å². The molecule has 18 heavy (non-hydrogen) atoms. The number of ether oxygens (including phenoxy) is 1. The van der Waals surface area contributed by atoms with E-state index in [1.807, 2.05) is 6.07 Å². The zero-order chi connectivity index (χ0) is 13.1. The number of hydrogen-bond acceptors (Lipinski definition) is 1. The maximum absolute atomic E-state index is 6.03. The highest BCUT2D eigenvalue weighted by atomic mass is 35.5. The molecule has 5 heteroatoms. The molecule has 0 fully saturated rings. The van der Waals surface area contributed by atoms with E-state index in [1.54, 1.807) is 30.3 Å². The first-order valence-corrected chi connectivity index (χ1v) is 6.74. The Kier molecular flexibility index (Phi) is 4.63. The Labute approximate surface area is 125 Å². The lowest BCUT2D eigenvalue weighted by molar-refractivity contribution is 0.478. The zero-order valence-corrected chi connectivity index (χ0v) is 12.1. The van der Waals surface area contributed by atoms with E-state index < -0.39 is 0 Å². The molecule has 0 radical (unpaired) electrons. The van der Waals surface area contributed by atoms with Crippen molar-refractivity contribution in [2.75, 3.05) is 0 Å². The van der Waals surface area contributed by atoms with Crippen molar-refractivity contribution in [1.29, 1.82) is 0 Å². The fourth-order valence-electron chi connectivity index (χ4n) is 1.41. The molecule has 0 aliphatic carbocycles. The van der Waals surface area contributed by atoms with Crippen molar-refractivity contribution in [3.63, 3.8) is 0 Å². The smallest absolute Gasteiger partial charge is 0.147 e. The van der Waals surface area contributed by atoms with Crippen LogP contribution in [0.5, 0.6) is 11.5 Å². The molecular formula is C13H8Cl4O. The molecule has 2 rings (SSSR count). The average molecular weight is 322 g/mol. The van der Waals surface area contributed by atoms with Crippen LogP contribution in [0.4, 0.5) is 0 Å². The molecule has 0 unspecified atom stereocenters. The monoisotopic (exact) mass is 320 g/mol. The van der Waals surface area contributed by atoms with Gasteiger partial charge in [0.2, 0.25) is 0 Å². The minimum Gasteiger partial charge on any atom is -0.455 e. The van der Waals surface area contributed by atoms with Crippen molar-refractivity contribution < 1.29 is 4.74 Å². The number of rotatable bonds is 3. The highest BCUT2D eigenvalue weighted by Crippen LogP contribution is 2.35. The fourth-order valence-corrected chi connectivity index (χ4v) is 2.11. The second-order valence-electron chi connectivity index (χ2n) is 3.56. The molecule has 0 aliphatic heterocycles. The predicted octanol–water partition coefficient (Wildman–Crippen LogP) is 6.18. The molecule has 0 atom stereocenters. The topological polar surface area (TPSA) is 9.23 Å². The molecule has 0 saturated carbocycles. The van der Waals surface area contributed by atoms with Crippen LogP contribution in [0.2, 0.25) is 15.1 Å². The molecule has 0 aliphatic rings. The number of benzene rings is 2. The largest absolute Gasteiger partial charge is 0.455 e. The lowest BCUT2D eigenvalue weighted by Gasteiger charge is -2.11. The van der Waals surface area contributed by atoms with E-state index in [4.69, 9.17) is 51.1 Å². The van der Waals surface area contributed by atoms with Gasteiger partial charge in [-0.15, -0.1) is 11.6 Å². The van der Waals surface area contributed by atoms with Crippen molar-refractivity contribution >= 4 is 46.4 Å². The van der Waals surface area contributed by atoms with Gasteiger partial charge in [0.15, 0.2) is 0 Å². The van der Waals surface area contributed by atoms with Crippen LogP contribution in [0, 0.1) is 0 Å². The lowest BCUT2D eigenvalue weighted by atomic mass is 10.2. The Bertz CT molecular complexity index is 569. The molecule has 94 valence electrons. The van der Waals surface area contributed by atoms with E-state index >= 15 is 0 Å². The first-order chi connectivity index (χ1) is 8.60. The SMILES string of the molecule is ClCc1ccc(Cl)cc1Oc1cc(Cl)ccc1Cl. The molecule has 0 heterocycles. The third-order valence-electron chi connectivity index (χ3n) is 2.29. The molecule has 0 bridgehead atoms. The normalized spacial score (nSPS) is 10.4. The molecular weight excluding hydrogens is 314 g/mol. The first kappa shape index (κ1) is 13.8. The predicted molar refractivity (Wildman–Crippen MR) is 77.5 cm³/mol. The van der Waals surface area contributed by atoms with Crippen LogP contribution >= 0.6 is 46.4 Å². The van der Waals surface area contributed by atoms with Crippen molar-refractivity contribution in [2.24, 2.45) is 0 Å². The first-order valence-electron chi connectivity index (χ1n) is 5.07. The molecule has 2 aromatic rings. The second-order valence-corrected chi connectivity index (χ2v) is 5.11. The summed E-state index contributed by atoms with van der Waals surface area (Å²) in [6.07, 6.45) is 0. The molecule has 0 amide bonds. The number of alkyl halides is 1. The van der Waals surface area contributed by atoms with Crippen molar-refractivity contribution in [1.82, 2.24) is 0 Å². The summed E-state index contributed by atoms with van der Waals surface area (Å²) < 4.78 is 5.71. The van der Waals surface area contributed by atoms with Crippen LogP contribution in [-0.4, -0.2) is 0 Å². The van der Waals surface area contributed by atoms with Gasteiger partial charge in [0.1, 0.15) is 11.5 Å². The molecule has 0 aromatic heterocycles. The summed E-state index contributed by atoms with van der Waals surface area (Å²) in [5.41, 5.74) is 0.831. The van der Waals surface area contributed by atoms with Crippen LogP contribution in [0.25, 0.3) is 0 Å². The summed E-state index contributed by atoms with van der Waals surface area (Å²) in [6, 6.07) is 10.3. The Balaban J connectivity index is 2.38. The van der Waals surface area contributed by atoms with Gasteiger partial charge in [-0.05, 0) is 24.3 Å². The van der Waals surface area contributed by atoms with Gasteiger partial charge in [0.05, 0.1) is 10.9 Å². The lowest BCUT2D eigenvalue weighted by Crippen LogP contribution is -1.90. The maximum Gasteiger partial charge on any atom is 0.147 e. The molecule has 1 nitrogen and oxygen atoms in total. The summed E-state index contributed by atoms with van der Waals surface area (Å²) in [5, 5.41) is 1.58. The van der Waals surface area contributed by atoms with Gasteiger partial charge in [-0.1, -0.05) is 40.9 Å². The summed E-state index contributed by atoms with van der Waals surface area (Å²) in [7, 11) is 0. The zero-order valence-electron chi connectivity index (χ0n) is 9.09. The van der Waals surface area contributed by atoms with Crippen LogP contribution in [-0.2, 0) is 5.88 Å². The van der Waals surface area contributed by atoms with Crippen LogP contribution < -0.4 is 4.74 Å². The quantitative estimate of drug-likeness (QED) is 0.613. The van der Waals surface area contributed by atoms with E-state index in [2.05, 4.69) is 0 Å². The van der Waals surface area contributed by atoms with Gasteiger partial charge in [-0.25, -0.2) is 0 Å². The van der Waals surface area contributed by atoms with Gasteiger partial charge in [0.25, 0.3) is 0 Å². The van der Waals surface area contributed by atoms with Gasteiger partial charge < -0.3 is 4.74 Å². The van der Waals surface area contributed by atoms with E-state index in [-0.39, 0.29) is 0 Å². The van der Waals surface area contributed by atoms with Gasteiger partial charge in [-0.2, -0.15) is 0 Å². The number of hydrogen-bond donors (Lipinski definition) is 0. The van der Waals surface area contributed by atoms with E-state index in [0.29, 0.717) is 32.4 Å². The highest BCUT2D eigenvalue weighted by Gasteiger charge is 2.08. The van der Waals surface area contributed by atoms with Crippen molar-refractivity contribution in [2.45, 2.75) is 5.88 Å². The molecule has 2 aromatic carbocycles. The average Bonchev–Trinajstić information content (AvgIpc) is 2.34. The van der Waals surface area contributed by atoms with Crippen molar-refractivity contribution in [3.05, 3.63) is 57.0 Å². The highest BCUT2D eigenvalue weighted by molar-refractivity contribution is 6.34. The fraction of sp³-hybridized carbons (Fsp3) is 0.0769. The standard InChI is InChI=1S/C13H8Cl4O/c14-7-8-1-2-9(15)5-12(8)18-13-6-10(16)3-4-11(13)17/h1-6H,7H2. The number of halogens is 4. The minimum atomic E-state index is 0.324. The van der Waals surface area contributed by atoms with Gasteiger partial charge in [0, 0.05) is 21.7 Å². The van der Waals surface area contributed by atoms with Crippen molar-refractivity contribution in [3.8, 4) is 11.5 Å². The van der Waals surface area contributed by atoms with Gasteiger partial charge in [-0.3, -0.25) is 0 Å². The summed E-state index contributed by atoms with van der Waals surface area (Å²) in [6.45, 7) is 0. The van der Waals surface area contributed by atoms with E-state index in [0.717, 1.165) is 5.56 Å². The Hall–Kier alpha value is -0.600. The molecule has 0 spiro atoms. The minimum absolute atomic E-state index is 0.324. The second kappa shape index (κ2) is 6.03. The summed E-state index contributed by atoms with van der Waals surface area (Å²) in [5.74, 6) is 1.37. The van der Waals surface area contributed by atoms with Crippen LogP contribution in [0.3, 0.4) is 0 Å². The molecule has 0 N–H and O–H groups in total. The third kappa shape index (κ3) is 3.24. The van der Waals surface area contributed by atoms with Crippen LogP contribution in [0.1, 0.15) is 5.56 Å². The summed E-state index contributed by atoms with van der Waals surface area (Å²) in [4.78, 5) is 0. The van der Waals surface area contributed by atoms with E-state index in [1.165, 1.54) is 0 Å². The van der Waals surface area contributed by atoms with E-state index in [9.17, 15) is 0 Å². The maximum atomic E-state index is 6.03. The third-order valence-corrected chi connectivity index (χ3v) is 3.36. The Morgan fingerprint density at radius 3 is 2.11 bits per heavy atom. The Morgan fingerprint density at radius 2 is 1.44 bits per heavy atom. The van der Waals surface area contributed by atoms with Gasteiger partial charge >= 0.3 is 0 Å². The summed E-state index contributed by atoms with van der Waals surface area (Å²) >= 11 is 23.7. The Morgan fingerprint density at radius 1 is 0.833 bits per heavy atom.